The van der Waals surface area contributed by atoms with Gasteiger partial charge in [-0.2, -0.15) is 0 Å². The Morgan fingerprint density at radius 2 is 1.81 bits per heavy atom. The number of nitrogens with one attached hydrogen (secondary N) is 1. The molecular weight excluding hydrogens is 338 g/mol. The van der Waals surface area contributed by atoms with Crippen molar-refractivity contribution in [2.24, 2.45) is 11.8 Å². The number of nitrogens with zero attached hydrogens (tertiary/aromatic N) is 4. The highest BCUT2D eigenvalue weighted by Gasteiger charge is 2.24. The fourth-order valence-electron chi connectivity index (χ4n) is 4.00. The first-order valence-corrected chi connectivity index (χ1v) is 9.47. The maximum absolute atomic E-state index is 12.4. The molecule has 0 spiro atoms. The molecule has 4 rings (SSSR count). The van der Waals surface area contributed by atoms with Crippen molar-refractivity contribution in [2.75, 3.05) is 18.0 Å². The molecule has 27 heavy (non-hydrogen) atoms. The highest BCUT2D eigenvalue weighted by Crippen LogP contribution is 2.26. The Balaban J connectivity index is 1.65. The van der Waals surface area contributed by atoms with Crippen molar-refractivity contribution in [2.45, 2.75) is 27.2 Å². The molecule has 1 fully saturated rings. The maximum atomic E-state index is 12.4. The lowest BCUT2D eigenvalue weighted by molar-refractivity contribution is 0.353. The zero-order chi connectivity index (χ0) is 19.0. The first kappa shape index (κ1) is 17.5. The summed E-state index contributed by atoms with van der Waals surface area (Å²) in [6.07, 6.45) is 3.07. The van der Waals surface area contributed by atoms with Gasteiger partial charge in [0.1, 0.15) is 0 Å². The van der Waals surface area contributed by atoms with Crippen LogP contribution in [0.3, 0.4) is 0 Å². The predicted molar refractivity (Wildman–Crippen MR) is 107 cm³/mol. The number of aromatic amines is 1. The highest BCUT2D eigenvalue weighted by atomic mass is 16.1. The molecule has 0 saturated carbocycles. The number of aryl methyl sites for hydroxylation is 1. The second kappa shape index (κ2) is 7.02. The summed E-state index contributed by atoms with van der Waals surface area (Å²) in [4.78, 5) is 24.0. The van der Waals surface area contributed by atoms with Crippen LogP contribution in [0.5, 0.6) is 0 Å². The molecule has 0 radical (unpaired) electrons. The van der Waals surface area contributed by atoms with Crippen LogP contribution in [0.1, 0.15) is 26.0 Å². The summed E-state index contributed by atoms with van der Waals surface area (Å²) in [5, 5.41) is 3.18. The molecule has 6 heteroatoms. The van der Waals surface area contributed by atoms with Gasteiger partial charge in [-0.15, -0.1) is 0 Å². The quantitative estimate of drug-likeness (QED) is 0.774. The van der Waals surface area contributed by atoms with Gasteiger partial charge in [0, 0.05) is 30.9 Å². The van der Waals surface area contributed by atoms with E-state index in [0.29, 0.717) is 11.8 Å². The van der Waals surface area contributed by atoms with Gasteiger partial charge in [0.25, 0.3) is 5.56 Å². The molecule has 140 valence electrons. The molecule has 2 aromatic heterocycles. The Labute approximate surface area is 158 Å². The van der Waals surface area contributed by atoms with Crippen molar-refractivity contribution < 1.29 is 0 Å². The standard InChI is InChI=1S/C21H25N5O/c1-14-9-15(2)13-25(12-14)21-22-11-18(16(3)23-21)19-10-20(27)26(24-19)17-7-5-4-6-8-17/h4-8,10-11,14-15,24H,9,12-13H2,1-3H3. The highest BCUT2D eigenvalue weighted by molar-refractivity contribution is 5.61. The Kier molecular flexibility index (Phi) is 4.56. The third-order valence-corrected chi connectivity index (χ3v) is 5.14. The van der Waals surface area contributed by atoms with E-state index in [1.54, 1.807) is 6.07 Å². The summed E-state index contributed by atoms with van der Waals surface area (Å²) < 4.78 is 1.54. The van der Waals surface area contributed by atoms with Gasteiger partial charge in [-0.05, 0) is 37.3 Å². The third kappa shape index (κ3) is 3.52. The van der Waals surface area contributed by atoms with Crippen molar-refractivity contribution in [3.05, 3.63) is 58.6 Å². The average Bonchev–Trinajstić information content (AvgIpc) is 3.03. The summed E-state index contributed by atoms with van der Waals surface area (Å²) in [5.74, 6) is 2.07. The lowest BCUT2D eigenvalue weighted by Crippen LogP contribution is -2.39. The largest absolute Gasteiger partial charge is 0.340 e. The van der Waals surface area contributed by atoms with E-state index in [0.717, 1.165) is 41.7 Å². The topological polar surface area (TPSA) is 66.8 Å². The first-order chi connectivity index (χ1) is 13.0. The smallest absolute Gasteiger partial charge is 0.271 e. The van der Waals surface area contributed by atoms with Crippen LogP contribution in [0.15, 0.2) is 47.4 Å². The molecule has 1 aliphatic rings. The van der Waals surface area contributed by atoms with E-state index in [4.69, 9.17) is 4.98 Å². The monoisotopic (exact) mass is 363 g/mol. The van der Waals surface area contributed by atoms with Gasteiger partial charge in [0.2, 0.25) is 5.95 Å². The molecule has 1 saturated heterocycles. The maximum Gasteiger partial charge on any atom is 0.271 e. The molecule has 1 aliphatic heterocycles. The molecule has 2 unspecified atom stereocenters. The zero-order valence-electron chi connectivity index (χ0n) is 16.0. The van der Waals surface area contributed by atoms with Crippen LogP contribution in [0.4, 0.5) is 5.95 Å². The molecule has 2 atom stereocenters. The minimum Gasteiger partial charge on any atom is -0.340 e. The van der Waals surface area contributed by atoms with Crippen LogP contribution in [0.25, 0.3) is 16.9 Å². The van der Waals surface area contributed by atoms with E-state index >= 15 is 0 Å². The molecule has 1 aromatic carbocycles. The number of piperidine rings is 1. The second-order valence-corrected chi connectivity index (χ2v) is 7.70. The van der Waals surface area contributed by atoms with Crippen molar-refractivity contribution >= 4 is 5.95 Å². The van der Waals surface area contributed by atoms with Crippen LogP contribution in [-0.2, 0) is 0 Å². The summed E-state index contributed by atoms with van der Waals surface area (Å²) >= 11 is 0. The SMILES string of the molecule is Cc1nc(N2CC(C)CC(C)C2)ncc1-c1cc(=O)n(-c2ccccc2)[nH]1. The van der Waals surface area contributed by atoms with Crippen LogP contribution >= 0.6 is 0 Å². The van der Waals surface area contributed by atoms with Gasteiger partial charge in [-0.1, -0.05) is 32.0 Å². The first-order valence-electron chi connectivity index (χ1n) is 9.47. The summed E-state index contributed by atoms with van der Waals surface area (Å²) in [6.45, 7) is 8.51. The van der Waals surface area contributed by atoms with Gasteiger partial charge in [0.05, 0.1) is 17.1 Å². The molecule has 0 bridgehead atoms. The lowest BCUT2D eigenvalue weighted by Gasteiger charge is -2.35. The number of hydrogen-bond donors (Lipinski definition) is 1. The zero-order valence-corrected chi connectivity index (χ0v) is 16.0. The Bertz CT molecular complexity index is 981. The molecule has 0 amide bonds. The lowest BCUT2D eigenvalue weighted by atomic mass is 9.92. The minimum atomic E-state index is -0.0987. The minimum absolute atomic E-state index is 0.0987. The average molecular weight is 363 g/mol. The van der Waals surface area contributed by atoms with Crippen molar-refractivity contribution in [1.82, 2.24) is 19.7 Å². The Morgan fingerprint density at radius 1 is 1.11 bits per heavy atom. The fraction of sp³-hybridized carbons (Fsp3) is 0.381. The van der Waals surface area contributed by atoms with E-state index in [9.17, 15) is 4.79 Å². The molecule has 1 N–H and O–H groups in total. The molecule has 6 nitrogen and oxygen atoms in total. The third-order valence-electron chi connectivity index (χ3n) is 5.14. The summed E-state index contributed by atoms with van der Waals surface area (Å²) in [7, 11) is 0. The van der Waals surface area contributed by atoms with Crippen LogP contribution in [0, 0.1) is 18.8 Å². The van der Waals surface area contributed by atoms with Gasteiger partial charge >= 0.3 is 0 Å². The second-order valence-electron chi connectivity index (χ2n) is 7.70. The van der Waals surface area contributed by atoms with Gasteiger partial charge in [-0.25, -0.2) is 14.6 Å². The number of hydrogen-bond acceptors (Lipinski definition) is 4. The number of aromatic nitrogens is 4. The number of H-pyrrole nitrogens is 1. The predicted octanol–water partition coefficient (Wildman–Crippen LogP) is 3.41. The normalized spacial score (nSPS) is 20.0. The number of para-hydroxylation sites is 1. The number of rotatable bonds is 3. The van der Waals surface area contributed by atoms with E-state index in [1.165, 1.54) is 11.1 Å². The van der Waals surface area contributed by atoms with Crippen molar-refractivity contribution in [3.63, 3.8) is 0 Å². The Morgan fingerprint density at radius 3 is 2.48 bits per heavy atom. The number of benzene rings is 1. The fourth-order valence-corrected chi connectivity index (χ4v) is 4.00. The molecule has 3 aromatic rings. The van der Waals surface area contributed by atoms with Crippen LogP contribution in [0.2, 0.25) is 0 Å². The summed E-state index contributed by atoms with van der Waals surface area (Å²) in [5.41, 5.74) is 3.16. The van der Waals surface area contributed by atoms with E-state index in [1.807, 2.05) is 43.5 Å². The van der Waals surface area contributed by atoms with Crippen LogP contribution < -0.4 is 10.5 Å². The van der Waals surface area contributed by atoms with Gasteiger partial charge in [0.15, 0.2) is 0 Å². The number of anilines is 1. The Hall–Kier alpha value is -2.89. The van der Waals surface area contributed by atoms with Crippen molar-refractivity contribution in [1.29, 1.82) is 0 Å². The van der Waals surface area contributed by atoms with E-state index in [2.05, 4.69) is 28.8 Å². The van der Waals surface area contributed by atoms with Crippen LogP contribution in [-0.4, -0.2) is 32.8 Å². The molecule has 3 heterocycles. The van der Waals surface area contributed by atoms with E-state index < -0.39 is 0 Å². The van der Waals surface area contributed by atoms with Gasteiger partial charge < -0.3 is 4.90 Å². The van der Waals surface area contributed by atoms with Gasteiger partial charge in [-0.3, -0.25) is 9.89 Å². The summed E-state index contributed by atoms with van der Waals surface area (Å²) in [6, 6.07) is 11.1. The molecule has 0 aliphatic carbocycles. The van der Waals surface area contributed by atoms with Crippen molar-refractivity contribution in [3.8, 4) is 16.9 Å². The molecular formula is C21H25N5O. The van der Waals surface area contributed by atoms with E-state index in [-0.39, 0.29) is 5.56 Å².